The van der Waals surface area contributed by atoms with Gasteiger partial charge < -0.3 is 14.7 Å². The number of hydrogen-bond donors (Lipinski definition) is 1. The van der Waals surface area contributed by atoms with E-state index in [0.29, 0.717) is 25.9 Å². The van der Waals surface area contributed by atoms with Crippen molar-refractivity contribution < 1.29 is 19.4 Å². The summed E-state index contributed by atoms with van der Waals surface area (Å²) in [6, 6.07) is 0. The highest BCUT2D eigenvalue weighted by Gasteiger charge is 2.32. The highest BCUT2D eigenvalue weighted by atomic mass is 79.9. The van der Waals surface area contributed by atoms with Gasteiger partial charge in [-0.25, -0.2) is 4.79 Å². The van der Waals surface area contributed by atoms with Gasteiger partial charge in [-0.3, -0.25) is 4.79 Å². The van der Waals surface area contributed by atoms with Crippen LogP contribution in [0.15, 0.2) is 0 Å². The van der Waals surface area contributed by atoms with Gasteiger partial charge in [0.25, 0.3) is 0 Å². The van der Waals surface area contributed by atoms with Crippen molar-refractivity contribution in [2.75, 3.05) is 13.1 Å². The number of hydrogen-bond acceptors (Lipinski definition) is 3. The fourth-order valence-corrected chi connectivity index (χ4v) is 2.43. The molecule has 0 radical (unpaired) electrons. The maximum Gasteiger partial charge on any atom is 0.410 e. The van der Waals surface area contributed by atoms with Gasteiger partial charge in [0.05, 0.1) is 0 Å². The Labute approximate surface area is 116 Å². The van der Waals surface area contributed by atoms with Gasteiger partial charge in [-0.05, 0) is 39.5 Å². The van der Waals surface area contributed by atoms with Crippen LogP contribution >= 0.6 is 15.9 Å². The number of rotatable bonds is 2. The minimum atomic E-state index is -0.842. The van der Waals surface area contributed by atoms with Gasteiger partial charge in [0.15, 0.2) is 0 Å². The molecule has 0 saturated carbocycles. The molecule has 1 saturated heterocycles. The number of carboxylic acid groups (broad SMARTS) is 1. The highest BCUT2D eigenvalue weighted by Crippen LogP contribution is 2.26. The molecule has 5 nitrogen and oxygen atoms in total. The Morgan fingerprint density at radius 1 is 1.33 bits per heavy atom. The van der Waals surface area contributed by atoms with Crippen LogP contribution in [0.5, 0.6) is 0 Å². The summed E-state index contributed by atoms with van der Waals surface area (Å²) < 4.78 is 5.28. The van der Waals surface area contributed by atoms with Gasteiger partial charge in [-0.15, -0.1) is 0 Å². The van der Waals surface area contributed by atoms with Crippen LogP contribution in [0.4, 0.5) is 4.79 Å². The largest absolute Gasteiger partial charge is 0.480 e. The lowest BCUT2D eigenvalue weighted by Gasteiger charge is -2.34. The van der Waals surface area contributed by atoms with E-state index in [4.69, 9.17) is 9.84 Å². The Bertz CT molecular complexity index is 319. The van der Waals surface area contributed by atoms with Crippen LogP contribution in [-0.2, 0) is 9.53 Å². The molecular formula is C12H20BrNO4. The predicted octanol–water partition coefficient (Wildman–Crippen LogP) is 2.48. The molecule has 104 valence electrons. The Hall–Kier alpha value is -0.780. The lowest BCUT2D eigenvalue weighted by molar-refractivity contribution is -0.137. The summed E-state index contributed by atoms with van der Waals surface area (Å²) >= 11 is 3.18. The maximum atomic E-state index is 11.8. The number of halogens is 1. The summed E-state index contributed by atoms with van der Waals surface area (Å²) in [7, 11) is 0. The molecule has 0 aliphatic carbocycles. The summed E-state index contributed by atoms with van der Waals surface area (Å²) in [4.78, 5) is 23.8. The fraction of sp³-hybridized carbons (Fsp3) is 0.833. The predicted molar refractivity (Wildman–Crippen MR) is 70.9 cm³/mol. The van der Waals surface area contributed by atoms with Gasteiger partial charge in [-0.2, -0.15) is 0 Å². The maximum absolute atomic E-state index is 11.8. The van der Waals surface area contributed by atoms with Gasteiger partial charge in [-0.1, -0.05) is 15.9 Å². The van der Waals surface area contributed by atoms with E-state index >= 15 is 0 Å². The second kappa shape index (κ2) is 5.91. The van der Waals surface area contributed by atoms with Gasteiger partial charge in [0, 0.05) is 13.1 Å². The van der Waals surface area contributed by atoms with E-state index in [2.05, 4.69) is 15.9 Å². The second-order valence-electron chi connectivity index (χ2n) is 5.54. The number of carbonyl (C=O) groups excluding carboxylic acids is 1. The summed E-state index contributed by atoms with van der Waals surface area (Å²) in [6.07, 6.45) is 1.05. The first-order valence-corrected chi connectivity index (χ1v) is 6.97. The Morgan fingerprint density at radius 3 is 2.22 bits per heavy atom. The number of piperidine rings is 1. The number of carbonyl (C=O) groups is 2. The van der Waals surface area contributed by atoms with E-state index in [0.717, 1.165) is 0 Å². The summed E-state index contributed by atoms with van der Waals surface area (Å²) in [5.74, 6) is -0.771. The van der Waals surface area contributed by atoms with Crippen molar-refractivity contribution in [3.05, 3.63) is 0 Å². The standard InChI is InChI=1S/C12H20BrNO4/c1-12(2,3)18-11(17)14-6-4-8(5-7-14)9(13)10(15)16/h8-9H,4-7H2,1-3H3,(H,15,16). The van der Waals surface area contributed by atoms with Crippen LogP contribution < -0.4 is 0 Å². The van der Waals surface area contributed by atoms with Crippen LogP contribution in [-0.4, -0.2) is 45.6 Å². The Balaban J connectivity index is 2.44. The minimum Gasteiger partial charge on any atom is -0.480 e. The number of aliphatic carboxylic acids is 1. The molecule has 0 spiro atoms. The van der Waals surface area contributed by atoms with Crippen molar-refractivity contribution >= 4 is 28.0 Å². The first kappa shape index (κ1) is 15.3. The molecule has 1 fully saturated rings. The number of alkyl halides is 1. The molecule has 0 aromatic rings. The van der Waals surface area contributed by atoms with Gasteiger partial charge in [0.2, 0.25) is 0 Å². The molecular weight excluding hydrogens is 302 g/mol. The SMILES string of the molecule is CC(C)(C)OC(=O)N1CCC(C(Br)C(=O)O)CC1. The molecule has 18 heavy (non-hydrogen) atoms. The van der Waals surface area contributed by atoms with Crippen molar-refractivity contribution in [3.8, 4) is 0 Å². The van der Waals surface area contributed by atoms with Crippen molar-refractivity contribution in [1.29, 1.82) is 0 Å². The van der Waals surface area contributed by atoms with E-state index in [1.165, 1.54) is 0 Å². The van der Waals surface area contributed by atoms with E-state index in [-0.39, 0.29) is 12.0 Å². The zero-order valence-electron chi connectivity index (χ0n) is 11.0. The van der Waals surface area contributed by atoms with E-state index in [9.17, 15) is 9.59 Å². The van der Waals surface area contributed by atoms with Gasteiger partial charge in [0.1, 0.15) is 10.4 Å². The topological polar surface area (TPSA) is 66.8 Å². The Morgan fingerprint density at radius 2 is 1.83 bits per heavy atom. The first-order chi connectivity index (χ1) is 8.20. The van der Waals surface area contributed by atoms with E-state index < -0.39 is 16.4 Å². The summed E-state index contributed by atoms with van der Waals surface area (Å²) in [5.41, 5.74) is -0.493. The second-order valence-corrected chi connectivity index (χ2v) is 6.53. The third-order valence-electron chi connectivity index (χ3n) is 2.84. The zero-order valence-corrected chi connectivity index (χ0v) is 12.6. The number of amides is 1. The monoisotopic (exact) mass is 321 g/mol. The molecule has 0 bridgehead atoms. The quantitative estimate of drug-likeness (QED) is 0.793. The van der Waals surface area contributed by atoms with Crippen LogP contribution in [0, 0.1) is 5.92 Å². The molecule has 1 aliphatic heterocycles. The third kappa shape index (κ3) is 4.48. The molecule has 1 amide bonds. The van der Waals surface area contributed by atoms with Crippen LogP contribution in [0.25, 0.3) is 0 Å². The van der Waals surface area contributed by atoms with Crippen LogP contribution in [0.3, 0.4) is 0 Å². The highest BCUT2D eigenvalue weighted by molar-refractivity contribution is 9.10. The zero-order chi connectivity index (χ0) is 13.9. The molecule has 1 aliphatic rings. The normalized spacial score (nSPS) is 19.4. The summed E-state index contributed by atoms with van der Waals surface area (Å²) in [5, 5.41) is 8.91. The number of carboxylic acids is 1. The summed E-state index contributed by atoms with van der Waals surface area (Å²) in [6.45, 7) is 6.59. The number of nitrogens with zero attached hydrogens (tertiary/aromatic N) is 1. The lowest BCUT2D eigenvalue weighted by Crippen LogP contribution is -2.43. The average molecular weight is 322 g/mol. The van der Waals surface area contributed by atoms with E-state index in [1.807, 2.05) is 20.8 Å². The average Bonchev–Trinajstić information content (AvgIpc) is 2.26. The molecule has 1 atom stereocenters. The third-order valence-corrected chi connectivity index (χ3v) is 3.98. The first-order valence-electron chi connectivity index (χ1n) is 6.05. The molecule has 1 unspecified atom stereocenters. The van der Waals surface area contributed by atoms with Crippen molar-refractivity contribution in [1.82, 2.24) is 4.90 Å². The smallest absolute Gasteiger partial charge is 0.410 e. The van der Waals surface area contributed by atoms with E-state index in [1.54, 1.807) is 4.90 Å². The molecule has 1 N–H and O–H groups in total. The van der Waals surface area contributed by atoms with Gasteiger partial charge >= 0.3 is 12.1 Å². The number of ether oxygens (including phenoxy) is 1. The van der Waals surface area contributed by atoms with Crippen molar-refractivity contribution in [2.45, 2.75) is 44.0 Å². The van der Waals surface area contributed by atoms with Crippen molar-refractivity contribution in [3.63, 3.8) is 0 Å². The fourth-order valence-electron chi connectivity index (χ4n) is 1.90. The Kier molecular flexibility index (Phi) is 5.01. The van der Waals surface area contributed by atoms with Crippen molar-refractivity contribution in [2.24, 2.45) is 5.92 Å². The minimum absolute atomic E-state index is 0.0705. The van der Waals surface area contributed by atoms with Crippen LogP contribution in [0.1, 0.15) is 33.6 Å². The molecule has 1 rings (SSSR count). The molecule has 0 aromatic carbocycles. The molecule has 1 heterocycles. The lowest BCUT2D eigenvalue weighted by atomic mass is 9.94. The molecule has 6 heteroatoms. The molecule has 0 aromatic heterocycles. The van der Waals surface area contributed by atoms with Crippen LogP contribution in [0.2, 0.25) is 0 Å². The number of likely N-dealkylation sites (tertiary alicyclic amines) is 1.